The van der Waals surface area contributed by atoms with E-state index in [0.717, 1.165) is 42.0 Å². The quantitative estimate of drug-likeness (QED) is 0.642. The molecular formula is C25H32N4O. The second-order valence-electron chi connectivity index (χ2n) is 10.6. The average Bonchev–Trinajstić information content (AvgIpc) is 3.36. The Morgan fingerprint density at radius 1 is 0.967 bits per heavy atom. The summed E-state index contributed by atoms with van der Waals surface area (Å²) in [5.74, 6) is 2.91. The highest BCUT2D eigenvalue weighted by atomic mass is 16.6. The summed E-state index contributed by atoms with van der Waals surface area (Å²) in [6.07, 6.45) is 9.84. The molecule has 0 radical (unpaired) electrons. The molecule has 6 rings (SSSR count). The van der Waals surface area contributed by atoms with E-state index in [0.29, 0.717) is 11.3 Å². The van der Waals surface area contributed by atoms with Crippen molar-refractivity contribution in [1.29, 1.82) is 0 Å². The second kappa shape index (κ2) is 6.66. The van der Waals surface area contributed by atoms with Crippen molar-refractivity contribution >= 4 is 11.4 Å². The number of benzene rings is 1. The molecule has 0 unspecified atom stereocenters. The van der Waals surface area contributed by atoms with Crippen molar-refractivity contribution in [2.45, 2.75) is 71.1 Å². The number of hydrogen-bond acceptors (Lipinski definition) is 5. The summed E-state index contributed by atoms with van der Waals surface area (Å²) in [5.41, 5.74) is 8.72. The SMILES string of the molecule is C[C@]12CCc3nonc3[C@H]1CC[C@@H]1[C@@H]2CC[C@]2(C)/C(=N/Nc3ccccc3)CC[C@@H]12. The number of aromatic nitrogens is 2. The number of hydrogen-bond donors (Lipinski definition) is 1. The van der Waals surface area contributed by atoms with E-state index >= 15 is 0 Å². The van der Waals surface area contributed by atoms with Crippen LogP contribution < -0.4 is 5.43 Å². The number of hydrazone groups is 1. The van der Waals surface area contributed by atoms with Crippen LogP contribution >= 0.6 is 0 Å². The fourth-order valence-electron chi connectivity index (χ4n) is 7.92. The molecule has 1 heterocycles. The Bertz CT molecular complexity index is 969. The van der Waals surface area contributed by atoms with Gasteiger partial charge < -0.3 is 0 Å². The van der Waals surface area contributed by atoms with Gasteiger partial charge in [-0.1, -0.05) is 42.4 Å². The van der Waals surface area contributed by atoms with Gasteiger partial charge in [0.15, 0.2) is 0 Å². The van der Waals surface area contributed by atoms with E-state index in [9.17, 15) is 0 Å². The molecule has 5 nitrogen and oxygen atoms in total. The summed E-state index contributed by atoms with van der Waals surface area (Å²) >= 11 is 0. The highest BCUT2D eigenvalue weighted by Gasteiger charge is 2.60. The highest BCUT2D eigenvalue weighted by molar-refractivity contribution is 5.93. The van der Waals surface area contributed by atoms with E-state index in [-0.39, 0.29) is 5.41 Å². The summed E-state index contributed by atoms with van der Waals surface area (Å²) < 4.78 is 5.14. The first-order valence-electron chi connectivity index (χ1n) is 11.8. The summed E-state index contributed by atoms with van der Waals surface area (Å²) in [4.78, 5) is 0. The Hall–Kier alpha value is -2.17. The van der Waals surface area contributed by atoms with Crippen LogP contribution in [0.15, 0.2) is 40.1 Å². The van der Waals surface area contributed by atoms with Crippen molar-refractivity contribution in [3.05, 3.63) is 41.7 Å². The predicted octanol–water partition coefficient (Wildman–Crippen LogP) is 5.81. The van der Waals surface area contributed by atoms with Crippen LogP contribution in [0.25, 0.3) is 0 Å². The monoisotopic (exact) mass is 404 g/mol. The molecule has 1 aromatic carbocycles. The first-order valence-corrected chi connectivity index (χ1v) is 11.8. The van der Waals surface area contributed by atoms with Gasteiger partial charge in [0.2, 0.25) is 0 Å². The Morgan fingerprint density at radius 3 is 2.70 bits per heavy atom. The Kier molecular flexibility index (Phi) is 4.13. The van der Waals surface area contributed by atoms with Gasteiger partial charge >= 0.3 is 0 Å². The lowest BCUT2D eigenvalue weighted by Gasteiger charge is -2.59. The average molecular weight is 405 g/mol. The Balaban J connectivity index is 1.27. The number of aryl methyl sites for hydroxylation is 1. The van der Waals surface area contributed by atoms with Crippen LogP contribution in [0.1, 0.15) is 76.1 Å². The van der Waals surface area contributed by atoms with E-state index in [4.69, 9.17) is 9.73 Å². The van der Waals surface area contributed by atoms with Crippen LogP contribution in [0.5, 0.6) is 0 Å². The zero-order valence-corrected chi connectivity index (χ0v) is 18.1. The van der Waals surface area contributed by atoms with Crippen molar-refractivity contribution in [2.24, 2.45) is 33.7 Å². The maximum absolute atomic E-state index is 5.14. The molecule has 0 spiro atoms. The maximum Gasteiger partial charge on any atom is 0.111 e. The number of fused-ring (bicyclic) bond motifs is 7. The van der Waals surface area contributed by atoms with Crippen molar-refractivity contribution in [3.63, 3.8) is 0 Å². The predicted molar refractivity (Wildman–Crippen MR) is 117 cm³/mol. The number of anilines is 1. The van der Waals surface area contributed by atoms with Gasteiger partial charge in [-0.05, 0) is 86.7 Å². The lowest BCUT2D eigenvalue weighted by molar-refractivity contribution is -0.0627. The molecule has 1 aromatic heterocycles. The number of rotatable bonds is 2. The molecule has 158 valence electrons. The fraction of sp³-hybridized carbons (Fsp3) is 0.640. The highest BCUT2D eigenvalue weighted by Crippen LogP contribution is 2.66. The Labute approximate surface area is 178 Å². The van der Waals surface area contributed by atoms with Crippen LogP contribution in [-0.2, 0) is 6.42 Å². The third kappa shape index (κ3) is 2.56. The van der Waals surface area contributed by atoms with E-state index < -0.39 is 0 Å². The molecule has 0 amide bonds. The van der Waals surface area contributed by atoms with Gasteiger partial charge in [-0.2, -0.15) is 5.10 Å². The smallest absolute Gasteiger partial charge is 0.111 e. The third-order valence-electron chi connectivity index (χ3n) is 9.52. The molecule has 0 bridgehead atoms. The molecule has 30 heavy (non-hydrogen) atoms. The molecule has 0 aliphatic heterocycles. The largest absolute Gasteiger partial charge is 0.279 e. The van der Waals surface area contributed by atoms with Crippen LogP contribution in [0, 0.1) is 28.6 Å². The van der Waals surface area contributed by atoms with Gasteiger partial charge in [0.25, 0.3) is 0 Å². The summed E-state index contributed by atoms with van der Waals surface area (Å²) in [6, 6.07) is 10.4. The number of nitrogens with one attached hydrogen (secondary N) is 1. The van der Waals surface area contributed by atoms with Crippen molar-refractivity contribution in [3.8, 4) is 0 Å². The summed E-state index contributed by atoms with van der Waals surface area (Å²) in [6.45, 7) is 5.05. The zero-order valence-electron chi connectivity index (χ0n) is 18.1. The van der Waals surface area contributed by atoms with E-state index in [2.05, 4.69) is 53.9 Å². The lowest BCUT2D eigenvalue weighted by atomic mass is 9.45. The minimum absolute atomic E-state index is 0.251. The molecule has 5 heteroatoms. The zero-order chi connectivity index (χ0) is 20.3. The van der Waals surface area contributed by atoms with Gasteiger partial charge in [-0.15, -0.1) is 0 Å². The van der Waals surface area contributed by atoms with Crippen LogP contribution in [-0.4, -0.2) is 16.0 Å². The second-order valence-corrected chi connectivity index (χ2v) is 10.6. The molecule has 3 fully saturated rings. The number of para-hydroxylation sites is 1. The van der Waals surface area contributed by atoms with Gasteiger partial charge in [0, 0.05) is 17.0 Å². The summed E-state index contributed by atoms with van der Waals surface area (Å²) in [7, 11) is 0. The normalized spacial score (nSPS) is 40.9. The van der Waals surface area contributed by atoms with Crippen LogP contribution in [0.2, 0.25) is 0 Å². The molecule has 2 aromatic rings. The minimum atomic E-state index is 0.251. The molecule has 3 saturated carbocycles. The van der Waals surface area contributed by atoms with Crippen molar-refractivity contribution in [2.75, 3.05) is 5.43 Å². The third-order valence-corrected chi connectivity index (χ3v) is 9.52. The fourth-order valence-corrected chi connectivity index (χ4v) is 7.92. The standard InChI is InChI=1S/C25H32N4O/c1-24-15-13-21-23(29-30-28-21)20(24)9-8-17-18-10-11-22(25(18,2)14-12-19(17)24)27-26-16-6-4-3-5-7-16/h3-7,17-20,26H,8-15H2,1-2H3/b27-22+/t17-,18-,19-,20+,24+,25-/m0/s1. The number of nitrogens with zero attached hydrogens (tertiary/aromatic N) is 3. The topological polar surface area (TPSA) is 63.3 Å². The van der Waals surface area contributed by atoms with Crippen LogP contribution in [0.4, 0.5) is 5.69 Å². The summed E-state index contributed by atoms with van der Waals surface area (Å²) in [5, 5.41) is 13.5. The van der Waals surface area contributed by atoms with E-state index in [1.165, 1.54) is 49.9 Å². The van der Waals surface area contributed by atoms with Crippen molar-refractivity contribution in [1.82, 2.24) is 10.3 Å². The molecule has 1 N–H and O–H groups in total. The Morgan fingerprint density at radius 2 is 1.83 bits per heavy atom. The molecule has 4 aliphatic rings. The van der Waals surface area contributed by atoms with Crippen molar-refractivity contribution < 1.29 is 4.63 Å². The minimum Gasteiger partial charge on any atom is -0.279 e. The van der Waals surface area contributed by atoms with Gasteiger partial charge in [-0.25, -0.2) is 4.63 Å². The molecule has 0 saturated heterocycles. The van der Waals surface area contributed by atoms with E-state index in [1.807, 2.05) is 6.07 Å². The first-order chi connectivity index (χ1) is 14.6. The first kappa shape index (κ1) is 18.6. The van der Waals surface area contributed by atoms with Gasteiger partial charge in [0.1, 0.15) is 11.4 Å². The van der Waals surface area contributed by atoms with Gasteiger partial charge in [-0.3, -0.25) is 5.43 Å². The lowest BCUT2D eigenvalue weighted by Crippen LogP contribution is -2.52. The van der Waals surface area contributed by atoms with E-state index in [1.54, 1.807) is 0 Å². The maximum atomic E-state index is 5.14. The molecule has 4 aliphatic carbocycles. The molecule has 6 atom stereocenters. The van der Waals surface area contributed by atoms with Crippen LogP contribution in [0.3, 0.4) is 0 Å². The van der Waals surface area contributed by atoms with Gasteiger partial charge in [0.05, 0.1) is 5.69 Å². The molecular weight excluding hydrogens is 372 g/mol.